The van der Waals surface area contributed by atoms with E-state index >= 15 is 0 Å². The lowest BCUT2D eigenvalue weighted by atomic mass is 10.00. The number of amides is 1. The van der Waals surface area contributed by atoms with Crippen molar-refractivity contribution in [2.45, 2.75) is 31.7 Å². The molecule has 1 amide bonds. The van der Waals surface area contributed by atoms with Gasteiger partial charge in [0.1, 0.15) is 5.82 Å². The fourth-order valence-corrected chi connectivity index (χ4v) is 2.79. The van der Waals surface area contributed by atoms with Crippen LogP contribution < -0.4 is 5.32 Å². The molecule has 0 radical (unpaired) electrons. The summed E-state index contributed by atoms with van der Waals surface area (Å²) in [5.74, 6) is 1.28. The highest BCUT2D eigenvalue weighted by Crippen LogP contribution is 2.30. The van der Waals surface area contributed by atoms with Crippen LogP contribution in [0.5, 0.6) is 0 Å². The lowest BCUT2D eigenvalue weighted by Crippen LogP contribution is -2.25. The first-order valence-corrected chi connectivity index (χ1v) is 7.17. The van der Waals surface area contributed by atoms with Crippen molar-refractivity contribution < 1.29 is 9.90 Å². The fraction of sp³-hybridized carbons (Fsp3) is 0.600. The molecule has 0 bridgehead atoms. The summed E-state index contributed by atoms with van der Waals surface area (Å²) in [7, 11) is 3.46. The Balaban J connectivity index is 1.98. The van der Waals surface area contributed by atoms with E-state index in [0.29, 0.717) is 17.5 Å². The molecule has 20 heavy (non-hydrogen) atoms. The smallest absolute Gasteiger partial charge is 0.254 e. The minimum atomic E-state index is -0.0388. The summed E-state index contributed by atoms with van der Waals surface area (Å²) < 4.78 is 0. The third-order valence-corrected chi connectivity index (χ3v) is 3.91. The molecule has 1 aromatic heterocycles. The van der Waals surface area contributed by atoms with Crippen LogP contribution in [0.25, 0.3) is 0 Å². The number of carbonyl (C=O) groups is 1. The number of aromatic nitrogens is 1. The normalized spacial score (nSPS) is 21.8. The average Bonchev–Trinajstić information content (AvgIpc) is 2.86. The summed E-state index contributed by atoms with van der Waals surface area (Å²) in [4.78, 5) is 17.6. The van der Waals surface area contributed by atoms with Gasteiger partial charge < -0.3 is 15.3 Å². The zero-order valence-electron chi connectivity index (χ0n) is 12.2. The van der Waals surface area contributed by atoms with Crippen molar-refractivity contribution >= 4 is 11.7 Å². The molecule has 2 unspecified atom stereocenters. The Kier molecular flexibility index (Phi) is 4.95. The van der Waals surface area contributed by atoms with Gasteiger partial charge in [-0.05, 0) is 37.3 Å². The second-order valence-corrected chi connectivity index (χ2v) is 5.59. The third-order valence-electron chi connectivity index (χ3n) is 3.91. The zero-order valence-corrected chi connectivity index (χ0v) is 12.2. The van der Waals surface area contributed by atoms with Crippen molar-refractivity contribution in [1.29, 1.82) is 0 Å². The first-order valence-electron chi connectivity index (χ1n) is 7.17. The molecular weight excluding hydrogens is 254 g/mol. The number of hydrogen-bond donors (Lipinski definition) is 2. The molecule has 0 aromatic carbocycles. The molecule has 1 aliphatic carbocycles. The van der Waals surface area contributed by atoms with Gasteiger partial charge in [-0.2, -0.15) is 0 Å². The summed E-state index contributed by atoms with van der Waals surface area (Å²) in [6.45, 7) is 0.243. The topological polar surface area (TPSA) is 65.5 Å². The summed E-state index contributed by atoms with van der Waals surface area (Å²) in [6.07, 6.45) is 5.93. The van der Waals surface area contributed by atoms with Crippen LogP contribution in [0, 0.1) is 5.92 Å². The molecule has 2 rings (SSSR count). The maximum Gasteiger partial charge on any atom is 0.254 e. The van der Waals surface area contributed by atoms with E-state index < -0.39 is 0 Å². The van der Waals surface area contributed by atoms with Crippen molar-refractivity contribution in [3.05, 3.63) is 23.9 Å². The highest BCUT2D eigenvalue weighted by Gasteiger charge is 2.26. The van der Waals surface area contributed by atoms with Crippen LogP contribution in [0.15, 0.2) is 18.3 Å². The molecular formula is C15H23N3O2. The molecule has 0 aliphatic heterocycles. The number of carbonyl (C=O) groups excluding carboxylic acids is 1. The Labute approximate surface area is 120 Å². The molecule has 0 spiro atoms. The van der Waals surface area contributed by atoms with Gasteiger partial charge in [-0.1, -0.05) is 6.42 Å². The molecule has 5 nitrogen and oxygen atoms in total. The quantitative estimate of drug-likeness (QED) is 0.860. The standard InChI is InChI=1S/C15H23N3O2/c1-18(2)15(20)12-6-7-14(16-10-12)17-13-5-3-4-11(13)8-9-19/h6-7,10-11,13,19H,3-5,8-9H2,1-2H3,(H,16,17). The Hall–Kier alpha value is -1.62. The predicted molar refractivity (Wildman–Crippen MR) is 78.7 cm³/mol. The zero-order chi connectivity index (χ0) is 14.5. The molecule has 5 heteroatoms. The monoisotopic (exact) mass is 277 g/mol. The first kappa shape index (κ1) is 14.8. The van der Waals surface area contributed by atoms with Crippen molar-refractivity contribution in [3.63, 3.8) is 0 Å². The van der Waals surface area contributed by atoms with E-state index in [-0.39, 0.29) is 12.5 Å². The summed E-state index contributed by atoms with van der Waals surface area (Å²) in [5.41, 5.74) is 0.596. The summed E-state index contributed by atoms with van der Waals surface area (Å²) in [5, 5.41) is 12.5. The molecule has 2 N–H and O–H groups in total. The van der Waals surface area contributed by atoms with E-state index in [4.69, 9.17) is 5.11 Å². The molecule has 1 aliphatic rings. The van der Waals surface area contributed by atoms with Crippen molar-refractivity contribution in [1.82, 2.24) is 9.88 Å². The average molecular weight is 277 g/mol. The van der Waals surface area contributed by atoms with Crippen molar-refractivity contribution in [2.24, 2.45) is 5.92 Å². The van der Waals surface area contributed by atoms with Crippen molar-refractivity contribution in [2.75, 3.05) is 26.0 Å². The van der Waals surface area contributed by atoms with Crippen LogP contribution in [-0.2, 0) is 0 Å². The van der Waals surface area contributed by atoms with Gasteiger partial charge in [0.05, 0.1) is 5.56 Å². The molecule has 110 valence electrons. The highest BCUT2D eigenvalue weighted by atomic mass is 16.3. The Bertz CT molecular complexity index is 445. The number of aliphatic hydroxyl groups excluding tert-OH is 1. The van der Waals surface area contributed by atoms with E-state index in [1.807, 2.05) is 6.07 Å². The Morgan fingerprint density at radius 3 is 2.85 bits per heavy atom. The van der Waals surface area contributed by atoms with Crippen LogP contribution in [0.1, 0.15) is 36.0 Å². The number of hydrogen-bond acceptors (Lipinski definition) is 4. The lowest BCUT2D eigenvalue weighted by molar-refractivity contribution is 0.0827. The second-order valence-electron chi connectivity index (χ2n) is 5.59. The first-order chi connectivity index (χ1) is 9.61. The van der Waals surface area contributed by atoms with Crippen LogP contribution in [-0.4, -0.2) is 47.6 Å². The summed E-state index contributed by atoms with van der Waals surface area (Å²) in [6, 6.07) is 4.03. The number of nitrogens with one attached hydrogen (secondary N) is 1. The minimum Gasteiger partial charge on any atom is -0.396 e. The van der Waals surface area contributed by atoms with Gasteiger partial charge in [0.2, 0.25) is 0 Å². The molecule has 0 saturated heterocycles. The number of aliphatic hydroxyl groups is 1. The second kappa shape index (κ2) is 6.70. The summed E-state index contributed by atoms with van der Waals surface area (Å²) >= 11 is 0. The van der Waals surface area contributed by atoms with Gasteiger partial charge >= 0.3 is 0 Å². The number of pyridine rings is 1. The maximum atomic E-state index is 11.8. The van der Waals surface area contributed by atoms with E-state index in [1.54, 1.807) is 31.3 Å². The van der Waals surface area contributed by atoms with Crippen LogP contribution in [0.4, 0.5) is 5.82 Å². The van der Waals surface area contributed by atoms with Crippen LogP contribution >= 0.6 is 0 Å². The Morgan fingerprint density at radius 1 is 1.45 bits per heavy atom. The van der Waals surface area contributed by atoms with Crippen LogP contribution in [0.3, 0.4) is 0 Å². The van der Waals surface area contributed by atoms with E-state index in [0.717, 1.165) is 25.1 Å². The fourth-order valence-electron chi connectivity index (χ4n) is 2.79. The third kappa shape index (κ3) is 3.48. The van der Waals surface area contributed by atoms with Crippen molar-refractivity contribution in [3.8, 4) is 0 Å². The number of rotatable bonds is 5. The lowest BCUT2D eigenvalue weighted by Gasteiger charge is -2.21. The molecule has 1 saturated carbocycles. The molecule has 2 atom stereocenters. The van der Waals surface area contributed by atoms with Gasteiger partial charge in [0.15, 0.2) is 0 Å². The van der Waals surface area contributed by atoms with E-state index in [2.05, 4.69) is 10.3 Å². The number of nitrogens with zero attached hydrogens (tertiary/aromatic N) is 2. The molecule has 1 heterocycles. The minimum absolute atomic E-state index is 0.0388. The van der Waals surface area contributed by atoms with E-state index in [9.17, 15) is 4.79 Å². The van der Waals surface area contributed by atoms with Gasteiger partial charge in [0.25, 0.3) is 5.91 Å². The van der Waals surface area contributed by atoms with Gasteiger partial charge in [0, 0.05) is 32.9 Å². The highest BCUT2D eigenvalue weighted by molar-refractivity contribution is 5.93. The molecule has 1 aromatic rings. The SMILES string of the molecule is CN(C)C(=O)c1ccc(NC2CCCC2CCO)nc1. The van der Waals surface area contributed by atoms with Gasteiger partial charge in [-0.3, -0.25) is 4.79 Å². The van der Waals surface area contributed by atoms with Gasteiger partial charge in [-0.15, -0.1) is 0 Å². The molecule has 1 fully saturated rings. The number of anilines is 1. The van der Waals surface area contributed by atoms with Gasteiger partial charge in [-0.25, -0.2) is 4.98 Å². The largest absolute Gasteiger partial charge is 0.396 e. The van der Waals surface area contributed by atoms with Crippen LogP contribution in [0.2, 0.25) is 0 Å². The Morgan fingerprint density at radius 2 is 2.25 bits per heavy atom. The predicted octanol–water partition coefficient (Wildman–Crippen LogP) is 1.75. The van der Waals surface area contributed by atoms with E-state index in [1.165, 1.54) is 6.42 Å². The maximum absolute atomic E-state index is 11.8.